The van der Waals surface area contributed by atoms with Crippen molar-refractivity contribution in [2.45, 2.75) is 56.4 Å². The van der Waals surface area contributed by atoms with Crippen LogP contribution in [0.25, 0.3) is 0 Å². The molecule has 1 N–H and O–H groups in total. The Morgan fingerprint density at radius 3 is 2.24 bits per heavy atom. The van der Waals surface area contributed by atoms with Crippen LogP contribution in [-0.4, -0.2) is 61.7 Å². The summed E-state index contributed by atoms with van der Waals surface area (Å²) >= 11 is 6.23. The van der Waals surface area contributed by atoms with Crippen molar-refractivity contribution in [1.29, 1.82) is 0 Å². The van der Waals surface area contributed by atoms with Gasteiger partial charge in [0.25, 0.3) is 5.91 Å². The minimum absolute atomic E-state index is 0.0000454. The van der Waals surface area contributed by atoms with Crippen LogP contribution in [0, 0.1) is 0 Å². The summed E-state index contributed by atoms with van der Waals surface area (Å²) in [5.41, 5.74) is 0.320. The third-order valence-electron chi connectivity index (χ3n) is 5.55. The number of carbonyl (C=O) groups excluding carboxylic acids is 2. The third-order valence-corrected chi connectivity index (χ3v) is 7.93. The number of likely N-dealkylation sites (tertiary alicyclic amines) is 1. The Kier molecular flexibility index (Phi) is 7.19. The van der Waals surface area contributed by atoms with E-state index in [4.69, 9.17) is 11.6 Å². The minimum Gasteiger partial charge on any atom is -0.353 e. The molecule has 1 aromatic carbocycles. The zero-order valence-electron chi connectivity index (χ0n) is 16.7. The number of hydrogen-bond donors (Lipinski definition) is 1. The molecule has 0 saturated carbocycles. The predicted molar refractivity (Wildman–Crippen MR) is 111 cm³/mol. The maximum Gasteiger partial charge on any atom is 0.253 e. The van der Waals surface area contributed by atoms with Crippen LogP contribution < -0.4 is 5.32 Å². The highest BCUT2D eigenvalue weighted by atomic mass is 35.5. The maximum atomic E-state index is 13.1. The van der Waals surface area contributed by atoms with E-state index in [-0.39, 0.29) is 27.8 Å². The molecular weight excluding hydrogens is 414 g/mol. The Hall–Kier alpha value is -1.64. The maximum absolute atomic E-state index is 13.1. The van der Waals surface area contributed by atoms with E-state index in [1.807, 2.05) is 0 Å². The fourth-order valence-electron chi connectivity index (χ4n) is 3.95. The van der Waals surface area contributed by atoms with Crippen molar-refractivity contribution < 1.29 is 18.0 Å². The number of nitrogens with one attached hydrogen (secondary N) is 1. The van der Waals surface area contributed by atoms with Gasteiger partial charge in [-0.2, -0.15) is 4.31 Å². The SMILES string of the molecule is CC(=O)NC1CCN(C(=O)c2ccc(Cl)c(S(=O)(=O)N3CCCCCC3)c2)CC1. The number of piperidine rings is 1. The Labute approximate surface area is 177 Å². The second kappa shape index (κ2) is 9.45. The number of hydrogen-bond acceptors (Lipinski definition) is 4. The lowest BCUT2D eigenvalue weighted by Crippen LogP contribution is -2.46. The summed E-state index contributed by atoms with van der Waals surface area (Å²) in [5, 5.41) is 3.01. The molecule has 0 aromatic heterocycles. The normalized spacial score (nSPS) is 19.6. The fourth-order valence-corrected chi connectivity index (χ4v) is 5.97. The lowest BCUT2D eigenvalue weighted by Gasteiger charge is -2.32. The predicted octanol–water partition coefficient (Wildman–Crippen LogP) is 2.65. The molecule has 0 atom stereocenters. The number of amides is 2. The molecule has 0 unspecified atom stereocenters. The van der Waals surface area contributed by atoms with Gasteiger partial charge in [-0.25, -0.2) is 8.42 Å². The zero-order valence-corrected chi connectivity index (χ0v) is 18.3. The summed E-state index contributed by atoms with van der Waals surface area (Å²) in [6.07, 6.45) is 5.06. The van der Waals surface area contributed by atoms with Gasteiger partial charge < -0.3 is 10.2 Å². The van der Waals surface area contributed by atoms with Gasteiger partial charge in [0.05, 0.1) is 5.02 Å². The highest BCUT2D eigenvalue weighted by Crippen LogP contribution is 2.28. The first kappa shape index (κ1) is 22.1. The largest absolute Gasteiger partial charge is 0.353 e. The highest BCUT2D eigenvalue weighted by Gasteiger charge is 2.30. The number of nitrogens with zero attached hydrogens (tertiary/aromatic N) is 2. The topological polar surface area (TPSA) is 86.8 Å². The van der Waals surface area contributed by atoms with E-state index in [1.54, 1.807) is 11.0 Å². The minimum atomic E-state index is -3.74. The summed E-state index contributed by atoms with van der Waals surface area (Å²) in [6, 6.07) is 4.54. The summed E-state index contributed by atoms with van der Waals surface area (Å²) in [7, 11) is -3.74. The molecule has 9 heteroatoms. The first-order valence-corrected chi connectivity index (χ1v) is 12.0. The van der Waals surface area contributed by atoms with E-state index in [0.29, 0.717) is 44.6 Å². The summed E-state index contributed by atoms with van der Waals surface area (Å²) in [6.45, 7) is 3.47. The van der Waals surface area contributed by atoms with Crippen LogP contribution in [0.5, 0.6) is 0 Å². The average molecular weight is 442 g/mol. The number of carbonyl (C=O) groups is 2. The van der Waals surface area contributed by atoms with Gasteiger partial charge in [0.15, 0.2) is 0 Å². The molecule has 1 aromatic rings. The Bertz CT molecular complexity index is 858. The van der Waals surface area contributed by atoms with Gasteiger partial charge in [-0.05, 0) is 43.9 Å². The molecule has 160 valence electrons. The van der Waals surface area contributed by atoms with Gasteiger partial charge in [-0.15, -0.1) is 0 Å². The van der Waals surface area contributed by atoms with Crippen molar-refractivity contribution in [1.82, 2.24) is 14.5 Å². The Balaban J connectivity index is 1.76. The monoisotopic (exact) mass is 441 g/mol. The zero-order chi connectivity index (χ0) is 21.0. The van der Waals surface area contributed by atoms with E-state index >= 15 is 0 Å². The highest BCUT2D eigenvalue weighted by molar-refractivity contribution is 7.89. The molecule has 2 aliphatic heterocycles. The molecule has 2 amide bonds. The van der Waals surface area contributed by atoms with Crippen LogP contribution in [0.1, 0.15) is 55.8 Å². The molecular formula is C20H28ClN3O4S. The second-order valence-corrected chi connectivity index (χ2v) is 10.0. The van der Waals surface area contributed by atoms with Crippen molar-refractivity contribution in [2.24, 2.45) is 0 Å². The fraction of sp³-hybridized carbons (Fsp3) is 0.600. The smallest absolute Gasteiger partial charge is 0.253 e. The first-order chi connectivity index (χ1) is 13.8. The lowest BCUT2D eigenvalue weighted by atomic mass is 10.0. The van der Waals surface area contributed by atoms with Gasteiger partial charge in [0.2, 0.25) is 15.9 Å². The van der Waals surface area contributed by atoms with E-state index < -0.39 is 10.0 Å². The number of halogens is 1. The number of rotatable bonds is 4. The number of sulfonamides is 1. The molecule has 29 heavy (non-hydrogen) atoms. The molecule has 7 nitrogen and oxygen atoms in total. The van der Waals surface area contributed by atoms with Crippen LogP contribution in [0.4, 0.5) is 0 Å². The first-order valence-electron chi connectivity index (χ1n) is 10.1. The van der Waals surface area contributed by atoms with Crippen LogP contribution in [0.3, 0.4) is 0 Å². The van der Waals surface area contributed by atoms with E-state index in [2.05, 4.69) is 5.32 Å². The number of benzene rings is 1. The van der Waals surface area contributed by atoms with Gasteiger partial charge in [-0.1, -0.05) is 24.4 Å². The Morgan fingerprint density at radius 2 is 1.66 bits per heavy atom. The van der Waals surface area contributed by atoms with Crippen molar-refractivity contribution >= 4 is 33.4 Å². The van der Waals surface area contributed by atoms with Crippen molar-refractivity contribution in [3.8, 4) is 0 Å². The lowest BCUT2D eigenvalue weighted by molar-refractivity contribution is -0.119. The average Bonchev–Trinajstić information content (AvgIpc) is 2.98. The quantitative estimate of drug-likeness (QED) is 0.778. The van der Waals surface area contributed by atoms with E-state index in [1.165, 1.54) is 23.4 Å². The van der Waals surface area contributed by atoms with E-state index in [9.17, 15) is 18.0 Å². The van der Waals surface area contributed by atoms with E-state index in [0.717, 1.165) is 25.7 Å². The summed E-state index contributed by atoms with van der Waals surface area (Å²) in [4.78, 5) is 25.8. The van der Waals surface area contributed by atoms with Gasteiger partial charge >= 0.3 is 0 Å². The Morgan fingerprint density at radius 1 is 1.03 bits per heavy atom. The molecule has 2 saturated heterocycles. The molecule has 0 bridgehead atoms. The molecule has 2 fully saturated rings. The van der Waals surface area contributed by atoms with Crippen LogP contribution in [-0.2, 0) is 14.8 Å². The summed E-state index contributed by atoms with van der Waals surface area (Å²) < 4.78 is 27.7. The molecule has 0 aliphatic carbocycles. The molecule has 3 rings (SSSR count). The van der Waals surface area contributed by atoms with Gasteiger partial charge in [0, 0.05) is 44.7 Å². The van der Waals surface area contributed by atoms with Crippen LogP contribution in [0.15, 0.2) is 23.1 Å². The molecule has 2 aliphatic rings. The van der Waals surface area contributed by atoms with Crippen LogP contribution in [0.2, 0.25) is 5.02 Å². The summed E-state index contributed by atoms with van der Waals surface area (Å²) in [5.74, 6) is -0.286. The molecule has 0 spiro atoms. The van der Waals surface area contributed by atoms with Gasteiger partial charge in [0.1, 0.15) is 4.90 Å². The van der Waals surface area contributed by atoms with Crippen molar-refractivity contribution in [3.05, 3.63) is 28.8 Å². The second-order valence-electron chi connectivity index (χ2n) is 7.73. The van der Waals surface area contributed by atoms with Crippen LogP contribution >= 0.6 is 11.6 Å². The third kappa shape index (κ3) is 5.29. The standard InChI is InChI=1S/C20H28ClN3O4S/c1-15(25)22-17-8-12-23(13-9-17)20(26)16-6-7-18(21)19(14-16)29(27,28)24-10-4-2-3-5-11-24/h6-7,14,17H,2-5,8-13H2,1H3,(H,22,25). The van der Waals surface area contributed by atoms with Gasteiger partial charge in [-0.3, -0.25) is 9.59 Å². The molecule has 2 heterocycles. The van der Waals surface area contributed by atoms with Crippen molar-refractivity contribution in [2.75, 3.05) is 26.2 Å². The molecule has 0 radical (unpaired) electrons. The van der Waals surface area contributed by atoms with Crippen molar-refractivity contribution in [3.63, 3.8) is 0 Å².